The van der Waals surface area contributed by atoms with E-state index in [2.05, 4.69) is 17.2 Å². The SMILES string of the molecule is CC(C)(C)n1cc(C(=O)NCc2ccc(Cl)cc2)c(=O)c2cc(C#CCO)ccc21. The Morgan fingerprint density at radius 3 is 2.50 bits per heavy atom. The van der Waals surface area contributed by atoms with Gasteiger partial charge in [0.15, 0.2) is 0 Å². The van der Waals surface area contributed by atoms with Gasteiger partial charge in [0.05, 0.1) is 5.52 Å². The number of benzene rings is 2. The van der Waals surface area contributed by atoms with E-state index < -0.39 is 5.91 Å². The number of fused-ring (bicyclic) bond motifs is 1. The number of nitrogens with zero attached hydrogens (tertiary/aromatic N) is 1. The van der Waals surface area contributed by atoms with Crippen LogP contribution in [0.3, 0.4) is 0 Å². The van der Waals surface area contributed by atoms with Crippen molar-refractivity contribution in [2.75, 3.05) is 6.61 Å². The molecule has 0 aliphatic rings. The number of hydrogen-bond donors (Lipinski definition) is 2. The fourth-order valence-electron chi connectivity index (χ4n) is 3.15. The summed E-state index contributed by atoms with van der Waals surface area (Å²) in [7, 11) is 0. The third-order valence-corrected chi connectivity index (χ3v) is 4.90. The molecule has 0 atom stereocenters. The smallest absolute Gasteiger partial charge is 0.257 e. The number of aliphatic hydroxyl groups excluding tert-OH is 1. The van der Waals surface area contributed by atoms with Crippen molar-refractivity contribution in [1.29, 1.82) is 0 Å². The van der Waals surface area contributed by atoms with E-state index in [9.17, 15) is 9.59 Å². The van der Waals surface area contributed by atoms with E-state index in [4.69, 9.17) is 16.7 Å². The maximum Gasteiger partial charge on any atom is 0.257 e. The quantitative estimate of drug-likeness (QED) is 0.632. The number of halogens is 1. The van der Waals surface area contributed by atoms with Crippen LogP contribution in [0.4, 0.5) is 0 Å². The second-order valence-electron chi connectivity index (χ2n) is 7.91. The molecule has 30 heavy (non-hydrogen) atoms. The second kappa shape index (κ2) is 8.74. The summed E-state index contributed by atoms with van der Waals surface area (Å²) < 4.78 is 1.92. The zero-order chi connectivity index (χ0) is 21.9. The Hall–Kier alpha value is -3.07. The van der Waals surface area contributed by atoms with Gasteiger partial charge >= 0.3 is 0 Å². The maximum atomic E-state index is 13.1. The molecule has 5 nitrogen and oxygen atoms in total. The Morgan fingerprint density at radius 1 is 1.17 bits per heavy atom. The van der Waals surface area contributed by atoms with Crippen LogP contribution in [0.15, 0.2) is 53.5 Å². The first-order chi connectivity index (χ1) is 14.2. The van der Waals surface area contributed by atoms with Gasteiger partial charge in [0.1, 0.15) is 12.2 Å². The van der Waals surface area contributed by atoms with Gasteiger partial charge in [-0.15, -0.1) is 0 Å². The molecular formula is C24H23ClN2O3. The molecule has 0 radical (unpaired) electrons. The summed E-state index contributed by atoms with van der Waals surface area (Å²) in [6.45, 7) is 6.03. The third kappa shape index (κ3) is 4.73. The number of pyridine rings is 1. The second-order valence-corrected chi connectivity index (χ2v) is 8.35. The maximum absolute atomic E-state index is 13.1. The van der Waals surface area contributed by atoms with Gasteiger partial charge in [0, 0.05) is 34.3 Å². The lowest BCUT2D eigenvalue weighted by Crippen LogP contribution is -2.32. The van der Waals surface area contributed by atoms with Gasteiger partial charge in [-0.05, 0) is 56.7 Å². The van der Waals surface area contributed by atoms with Crippen molar-refractivity contribution in [1.82, 2.24) is 9.88 Å². The predicted octanol–water partition coefficient (Wildman–Crippen LogP) is 3.68. The van der Waals surface area contributed by atoms with Crippen LogP contribution >= 0.6 is 11.6 Å². The summed E-state index contributed by atoms with van der Waals surface area (Å²) in [5, 5.41) is 12.8. The van der Waals surface area contributed by atoms with Crippen LogP contribution < -0.4 is 10.7 Å². The summed E-state index contributed by atoms with van der Waals surface area (Å²) in [5.74, 6) is 4.95. The van der Waals surface area contributed by atoms with E-state index in [0.29, 0.717) is 16.0 Å². The minimum absolute atomic E-state index is 0.0682. The first-order valence-corrected chi connectivity index (χ1v) is 9.91. The van der Waals surface area contributed by atoms with Crippen molar-refractivity contribution in [3.8, 4) is 11.8 Å². The molecule has 154 valence electrons. The molecule has 6 heteroatoms. The zero-order valence-corrected chi connectivity index (χ0v) is 17.9. The Kier molecular flexibility index (Phi) is 6.31. The topological polar surface area (TPSA) is 71.3 Å². The Bertz CT molecular complexity index is 1210. The standard InChI is InChI=1S/C24H23ClN2O3/c1-24(2,3)27-15-20(23(30)26-14-17-6-9-18(25)10-7-17)22(29)19-13-16(5-4-12-28)8-11-21(19)27/h6-11,13,15,28H,12,14H2,1-3H3,(H,26,30). The molecule has 0 saturated carbocycles. The molecule has 0 spiro atoms. The summed E-state index contributed by atoms with van der Waals surface area (Å²) in [6.07, 6.45) is 1.61. The molecule has 3 rings (SSSR count). The highest BCUT2D eigenvalue weighted by molar-refractivity contribution is 6.30. The molecule has 3 aromatic rings. The predicted molar refractivity (Wildman–Crippen MR) is 120 cm³/mol. The average molecular weight is 423 g/mol. The molecule has 0 aliphatic heterocycles. The summed E-state index contributed by atoms with van der Waals surface area (Å²) in [4.78, 5) is 26.0. The highest BCUT2D eigenvalue weighted by atomic mass is 35.5. The highest BCUT2D eigenvalue weighted by Crippen LogP contribution is 2.22. The number of aliphatic hydroxyl groups is 1. The van der Waals surface area contributed by atoms with Crippen molar-refractivity contribution >= 4 is 28.4 Å². The fraction of sp³-hybridized carbons (Fsp3) is 0.250. The Balaban J connectivity index is 2.06. The van der Waals surface area contributed by atoms with Crippen LogP contribution in [-0.4, -0.2) is 22.2 Å². The van der Waals surface area contributed by atoms with Gasteiger partial charge < -0.3 is 15.0 Å². The van der Waals surface area contributed by atoms with Crippen molar-refractivity contribution in [2.45, 2.75) is 32.9 Å². The largest absolute Gasteiger partial charge is 0.384 e. The summed E-state index contributed by atoms with van der Waals surface area (Å²) in [5.41, 5.74) is 1.57. The van der Waals surface area contributed by atoms with Crippen molar-refractivity contribution in [3.63, 3.8) is 0 Å². The number of carbonyl (C=O) groups excluding carboxylic acids is 1. The van der Waals surface area contributed by atoms with E-state index in [1.54, 1.807) is 30.5 Å². The molecular weight excluding hydrogens is 400 g/mol. The van der Waals surface area contributed by atoms with Crippen molar-refractivity contribution in [3.05, 3.63) is 80.6 Å². The van der Waals surface area contributed by atoms with Gasteiger partial charge in [0.25, 0.3) is 5.91 Å². The first kappa shape index (κ1) is 21.6. The molecule has 0 unspecified atom stereocenters. The highest BCUT2D eigenvalue weighted by Gasteiger charge is 2.21. The normalized spacial score (nSPS) is 11.1. The molecule has 1 amide bonds. The van der Waals surface area contributed by atoms with E-state index >= 15 is 0 Å². The lowest BCUT2D eigenvalue weighted by Gasteiger charge is -2.26. The van der Waals surface area contributed by atoms with Crippen LogP contribution in [0, 0.1) is 11.8 Å². The molecule has 2 N–H and O–H groups in total. The minimum atomic E-state index is -0.443. The van der Waals surface area contributed by atoms with Crippen LogP contribution in [-0.2, 0) is 12.1 Å². The van der Waals surface area contributed by atoms with Crippen LogP contribution in [0.2, 0.25) is 5.02 Å². The van der Waals surface area contributed by atoms with Gasteiger partial charge in [-0.2, -0.15) is 0 Å². The number of aromatic nitrogens is 1. The minimum Gasteiger partial charge on any atom is -0.384 e. The van der Waals surface area contributed by atoms with Crippen LogP contribution in [0.25, 0.3) is 10.9 Å². The van der Waals surface area contributed by atoms with Crippen LogP contribution in [0.5, 0.6) is 0 Å². The van der Waals surface area contributed by atoms with E-state index in [1.165, 1.54) is 0 Å². The molecule has 1 heterocycles. The molecule has 1 aromatic heterocycles. The molecule has 0 fully saturated rings. The average Bonchev–Trinajstić information content (AvgIpc) is 2.71. The van der Waals surface area contributed by atoms with Gasteiger partial charge in [0.2, 0.25) is 5.43 Å². The lowest BCUT2D eigenvalue weighted by molar-refractivity contribution is 0.0949. The molecule has 0 aliphatic carbocycles. The number of amides is 1. The Labute approximate surface area is 180 Å². The van der Waals surface area contributed by atoms with E-state index in [-0.39, 0.29) is 29.7 Å². The van der Waals surface area contributed by atoms with Crippen LogP contribution in [0.1, 0.15) is 42.3 Å². The third-order valence-electron chi connectivity index (χ3n) is 4.65. The Morgan fingerprint density at radius 2 is 1.87 bits per heavy atom. The van der Waals surface area contributed by atoms with Gasteiger partial charge in [-0.1, -0.05) is 35.6 Å². The summed E-state index contributed by atoms with van der Waals surface area (Å²) in [6, 6.07) is 12.4. The van der Waals surface area contributed by atoms with Crippen molar-refractivity contribution < 1.29 is 9.90 Å². The number of nitrogens with one attached hydrogen (secondary N) is 1. The van der Waals surface area contributed by atoms with Crippen molar-refractivity contribution in [2.24, 2.45) is 0 Å². The number of carbonyl (C=O) groups is 1. The molecule has 2 aromatic carbocycles. The van der Waals surface area contributed by atoms with Gasteiger partial charge in [-0.25, -0.2) is 0 Å². The van der Waals surface area contributed by atoms with E-state index in [1.807, 2.05) is 43.5 Å². The van der Waals surface area contributed by atoms with E-state index in [0.717, 1.165) is 11.1 Å². The lowest BCUT2D eigenvalue weighted by atomic mass is 10.0. The monoisotopic (exact) mass is 422 g/mol. The number of rotatable bonds is 3. The zero-order valence-electron chi connectivity index (χ0n) is 17.1. The van der Waals surface area contributed by atoms with Gasteiger partial charge in [-0.3, -0.25) is 9.59 Å². The molecule has 0 saturated heterocycles. The fourth-order valence-corrected chi connectivity index (χ4v) is 3.27. The summed E-state index contributed by atoms with van der Waals surface area (Å²) >= 11 is 5.90. The first-order valence-electron chi connectivity index (χ1n) is 9.53. The molecule has 0 bridgehead atoms. The number of hydrogen-bond acceptors (Lipinski definition) is 3.